The van der Waals surface area contributed by atoms with Crippen molar-refractivity contribution in [1.82, 2.24) is 19.1 Å². The van der Waals surface area contributed by atoms with Gasteiger partial charge in [0.25, 0.3) is 5.56 Å². The summed E-state index contributed by atoms with van der Waals surface area (Å²) >= 11 is 0. The van der Waals surface area contributed by atoms with Crippen molar-refractivity contribution in [3.63, 3.8) is 0 Å². The van der Waals surface area contributed by atoms with Gasteiger partial charge in [0.2, 0.25) is 5.95 Å². The molecule has 0 bridgehead atoms. The van der Waals surface area contributed by atoms with Crippen molar-refractivity contribution in [1.29, 1.82) is 0 Å². The first-order valence-corrected chi connectivity index (χ1v) is 10.5. The number of nitrogens with one attached hydrogen (secondary N) is 2. The van der Waals surface area contributed by atoms with Crippen LogP contribution in [-0.4, -0.2) is 24.8 Å². The molecular formula is C25H22N6O2. The number of aromatic amines is 1. The lowest BCUT2D eigenvalue weighted by molar-refractivity contribution is 0.811. The average molecular weight is 438 g/mol. The standard InChI is InChI=1S/C25H22N6O2/c1-16(17-9-4-3-5-10-17)28-29-24-26-22-21(23(32)27-25(33)30(22)2)31(24)15-19-13-8-12-18-11-6-7-14-20(18)19/h3-14H,15H2,1-2H3,(H,26,29)(H,27,32,33)/b28-16+. The minimum absolute atomic E-state index is 0.291. The molecule has 0 atom stereocenters. The van der Waals surface area contributed by atoms with E-state index in [-0.39, 0.29) is 0 Å². The number of aromatic nitrogens is 4. The van der Waals surface area contributed by atoms with Crippen LogP contribution in [0.15, 0.2) is 87.5 Å². The van der Waals surface area contributed by atoms with Crippen LogP contribution in [-0.2, 0) is 13.6 Å². The maximum absolute atomic E-state index is 12.8. The van der Waals surface area contributed by atoms with Gasteiger partial charge in [0.1, 0.15) is 0 Å². The molecule has 0 fully saturated rings. The van der Waals surface area contributed by atoms with Crippen molar-refractivity contribution >= 4 is 33.6 Å². The molecule has 0 saturated heterocycles. The molecule has 2 N–H and O–H groups in total. The number of benzene rings is 3. The van der Waals surface area contributed by atoms with Crippen LogP contribution >= 0.6 is 0 Å². The Kier molecular flexibility index (Phi) is 5.10. The highest BCUT2D eigenvalue weighted by Gasteiger charge is 2.18. The van der Waals surface area contributed by atoms with Crippen LogP contribution in [0.2, 0.25) is 0 Å². The van der Waals surface area contributed by atoms with Gasteiger partial charge in [-0.1, -0.05) is 72.8 Å². The number of hydrazone groups is 1. The monoisotopic (exact) mass is 438 g/mol. The largest absolute Gasteiger partial charge is 0.329 e. The maximum atomic E-state index is 12.8. The van der Waals surface area contributed by atoms with Crippen molar-refractivity contribution in [3.05, 3.63) is 105 Å². The lowest BCUT2D eigenvalue weighted by atomic mass is 10.0. The zero-order chi connectivity index (χ0) is 22.9. The molecule has 0 aliphatic carbocycles. The fourth-order valence-corrected chi connectivity index (χ4v) is 3.95. The normalized spacial score (nSPS) is 11.9. The van der Waals surface area contributed by atoms with Gasteiger partial charge >= 0.3 is 5.69 Å². The van der Waals surface area contributed by atoms with Gasteiger partial charge < -0.3 is 0 Å². The summed E-state index contributed by atoms with van der Waals surface area (Å²) in [7, 11) is 1.58. The Bertz CT molecular complexity index is 1620. The zero-order valence-corrected chi connectivity index (χ0v) is 18.2. The van der Waals surface area contributed by atoms with E-state index in [0.29, 0.717) is 23.7 Å². The molecule has 8 heteroatoms. The molecule has 8 nitrogen and oxygen atoms in total. The number of fused-ring (bicyclic) bond motifs is 2. The highest BCUT2D eigenvalue weighted by molar-refractivity contribution is 5.99. The van der Waals surface area contributed by atoms with E-state index < -0.39 is 11.2 Å². The van der Waals surface area contributed by atoms with Gasteiger partial charge in [-0.2, -0.15) is 10.1 Å². The smallest absolute Gasteiger partial charge is 0.298 e. The summed E-state index contributed by atoms with van der Waals surface area (Å²) in [6.45, 7) is 2.27. The molecule has 0 unspecified atom stereocenters. The molecule has 0 aliphatic rings. The van der Waals surface area contributed by atoms with Crippen molar-refractivity contribution < 1.29 is 0 Å². The molecule has 2 aromatic heterocycles. The van der Waals surface area contributed by atoms with Crippen LogP contribution in [0.4, 0.5) is 5.95 Å². The zero-order valence-electron chi connectivity index (χ0n) is 18.2. The molecule has 2 heterocycles. The molecule has 0 amide bonds. The fraction of sp³-hybridized carbons (Fsp3) is 0.120. The summed E-state index contributed by atoms with van der Waals surface area (Å²) in [5.41, 5.74) is 5.36. The summed E-state index contributed by atoms with van der Waals surface area (Å²) in [5.74, 6) is 0.375. The van der Waals surface area contributed by atoms with Crippen molar-refractivity contribution in [2.45, 2.75) is 13.5 Å². The molecule has 0 saturated carbocycles. The van der Waals surface area contributed by atoms with E-state index in [4.69, 9.17) is 0 Å². The van der Waals surface area contributed by atoms with Crippen molar-refractivity contribution in [3.8, 4) is 0 Å². The van der Waals surface area contributed by atoms with Crippen LogP contribution in [0.25, 0.3) is 21.9 Å². The van der Waals surface area contributed by atoms with Gasteiger partial charge in [0.05, 0.1) is 12.3 Å². The van der Waals surface area contributed by atoms with Crippen LogP contribution in [0, 0.1) is 0 Å². The predicted molar refractivity (Wildman–Crippen MR) is 131 cm³/mol. The Labute approximate surface area is 188 Å². The summed E-state index contributed by atoms with van der Waals surface area (Å²) in [6, 6.07) is 23.9. The highest BCUT2D eigenvalue weighted by Crippen LogP contribution is 2.23. The lowest BCUT2D eigenvalue weighted by Gasteiger charge is -2.11. The summed E-state index contributed by atoms with van der Waals surface area (Å²) in [4.78, 5) is 31.9. The highest BCUT2D eigenvalue weighted by atomic mass is 16.2. The lowest BCUT2D eigenvalue weighted by Crippen LogP contribution is -2.29. The number of rotatable bonds is 5. The van der Waals surface area contributed by atoms with Gasteiger partial charge in [-0.3, -0.25) is 18.9 Å². The number of imidazole rings is 1. The number of anilines is 1. The van der Waals surface area contributed by atoms with Crippen molar-refractivity contribution in [2.24, 2.45) is 12.1 Å². The topological polar surface area (TPSA) is 97.1 Å². The van der Waals surface area contributed by atoms with Crippen LogP contribution < -0.4 is 16.7 Å². The molecule has 5 aromatic rings. The summed E-state index contributed by atoms with van der Waals surface area (Å²) < 4.78 is 3.09. The first-order chi connectivity index (χ1) is 16.0. The van der Waals surface area contributed by atoms with Gasteiger partial charge in [-0.15, -0.1) is 0 Å². The number of hydrogen-bond acceptors (Lipinski definition) is 5. The number of H-pyrrole nitrogens is 1. The molecule has 0 aliphatic heterocycles. The first-order valence-electron chi connectivity index (χ1n) is 10.5. The maximum Gasteiger partial charge on any atom is 0.329 e. The Hall–Kier alpha value is -4.46. The third-order valence-electron chi connectivity index (χ3n) is 5.73. The number of hydrogen-bond donors (Lipinski definition) is 2. The number of aryl methyl sites for hydroxylation is 1. The minimum Gasteiger partial charge on any atom is -0.298 e. The first kappa shape index (κ1) is 20.4. The quantitative estimate of drug-likeness (QED) is 0.324. The van der Waals surface area contributed by atoms with Crippen molar-refractivity contribution in [2.75, 3.05) is 5.43 Å². The van der Waals surface area contributed by atoms with Gasteiger partial charge in [0, 0.05) is 7.05 Å². The third-order valence-corrected chi connectivity index (χ3v) is 5.73. The third kappa shape index (κ3) is 3.71. The molecule has 0 radical (unpaired) electrons. The second kappa shape index (κ2) is 8.23. The number of nitrogens with zero attached hydrogens (tertiary/aromatic N) is 4. The average Bonchev–Trinajstić information content (AvgIpc) is 3.20. The van der Waals surface area contributed by atoms with E-state index in [0.717, 1.165) is 27.6 Å². The van der Waals surface area contributed by atoms with Gasteiger partial charge in [0.15, 0.2) is 11.2 Å². The second-order valence-electron chi connectivity index (χ2n) is 7.83. The SMILES string of the molecule is C/C(=N\Nc1nc2c(c(=O)[nH]c(=O)n2C)n1Cc1cccc2ccccc12)c1ccccc1. The Morgan fingerprint density at radius 2 is 1.73 bits per heavy atom. The predicted octanol–water partition coefficient (Wildman–Crippen LogP) is 3.46. The Morgan fingerprint density at radius 1 is 1.00 bits per heavy atom. The molecular weight excluding hydrogens is 416 g/mol. The van der Waals surface area contributed by atoms with E-state index in [1.54, 1.807) is 11.6 Å². The summed E-state index contributed by atoms with van der Waals surface area (Å²) in [5, 5.41) is 6.68. The van der Waals surface area contributed by atoms with Gasteiger partial charge in [-0.05, 0) is 28.8 Å². The van der Waals surface area contributed by atoms with E-state index in [1.165, 1.54) is 4.57 Å². The van der Waals surface area contributed by atoms with Gasteiger partial charge in [-0.25, -0.2) is 10.2 Å². The van der Waals surface area contributed by atoms with Crippen LogP contribution in [0.5, 0.6) is 0 Å². The second-order valence-corrected chi connectivity index (χ2v) is 7.83. The van der Waals surface area contributed by atoms with E-state index in [9.17, 15) is 9.59 Å². The molecule has 33 heavy (non-hydrogen) atoms. The molecule has 0 spiro atoms. The summed E-state index contributed by atoms with van der Waals surface area (Å²) in [6.07, 6.45) is 0. The van der Waals surface area contributed by atoms with E-state index in [1.807, 2.05) is 73.7 Å². The van der Waals surface area contributed by atoms with Crippen LogP contribution in [0.3, 0.4) is 0 Å². The molecule has 5 rings (SSSR count). The fourth-order valence-electron chi connectivity index (χ4n) is 3.95. The Morgan fingerprint density at radius 3 is 2.55 bits per heavy atom. The minimum atomic E-state index is -0.516. The van der Waals surface area contributed by atoms with E-state index in [2.05, 4.69) is 26.6 Å². The Balaban J connectivity index is 1.67. The molecule has 164 valence electrons. The van der Waals surface area contributed by atoms with E-state index >= 15 is 0 Å². The molecule has 3 aromatic carbocycles. The van der Waals surface area contributed by atoms with Crippen LogP contribution in [0.1, 0.15) is 18.1 Å².